The standard InChI is InChI=1S/C21H17NO8/c23-18(22-16(20(26)27)10-19(24)25)11-29-14-7-5-12(6-8-14)17-9-13-3-1-2-4-15(13)21(28)30-17/h1-9,16H,10-11H2,(H,22,23)(H,24,25)(H,26,27)/t16-/m1/s1. The maximum atomic E-state index is 12.1. The third kappa shape index (κ3) is 5.02. The Kier molecular flexibility index (Phi) is 6.11. The van der Waals surface area contributed by atoms with Crippen LogP contribution in [0.4, 0.5) is 0 Å². The van der Waals surface area contributed by atoms with E-state index >= 15 is 0 Å². The van der Waals surface area contributed by atoms with Gasteiger partial charge in [0.2, 0.25) is 0 Å². The minimum atomic E-state index is -1.54. The van der Waals surface area contributed by atoms with E-state index in [2.05, 4.69) is 5.32 Å². The summed E-state index contributed by atoms with van der Waals surface area (Å²) in [5.41, 5.74) is 0.177. The number of aliphatic carboxylic acids is 2. The van der Waals surface area contributed by atoms with Crippen molar-refractivity contribution >= 4 is 28.6 Å². The lowest BCUT2D eigenvalue weighted by molar-refractivity contribution is -0.147. The number of carbonyl (C=O) groups is 3. The fourth-order valence-corrected chi connectivity index (χ4v) is 2.75. The van der Waals surface area contributed by atoms with Crippen LogP contribution in [-0.2, 0) is 14.4 Å². The zero-order valence-corrected chi connectivity index (χ0v) is 15.5. The van der Waals surface area contributed by atoms with Gasteiger partial charge >= 0.3 is 17.6 Å². The van der Waals surface area contributed by atoms with Gasteiger partial charge in [-0.25, -0.2) is 9.59 Å². The Labute approximate surface area is 169 Å². The summed E-state index contributed by atoms with van der Waals surface area (Å²) in [5.74, 6) is -2.87. The highest BCUT2D eigenvalue weighted by molar-refractivity contribution is 5.87. The Hall–Kier alpha value is -4.14. The molecule has 0 spiro atoms. The van der Waals surface area contributed by atoms with Gasteiger partial charge in [-0.3, -0.25) is 9.59 Å². The van der Waals surface area contributed by atoms with Crippen LogP contribution in [0.15, 0.2) is 63.8 Å². The monoisotopic (exact) mass is 411 g/mol. The molecule has 0 fully saturated rings. The zero-order chi connectivity index (χ0) is 21.7. The molecule has 0 unspecified atom stereocenters. The van der Waals surface area contributed by atoms with Crippen LogP contribution in [0.1, 0.15) is 6.42 Å². The van der Waals surface area contributed by atoms with Crippen molar-refractivity contribution in [1.29, 1.82) is 0 Å². The molecule has 3 aromatic rings. The van der Waals surface area contributed by atoms with E-state index in [1.807, 2.05) is 6.07 Å². The first kappa shape index (κ1) is 20.6. The van der Waals surface area contributed by atoms with Gasteiger partial charge in [0, 0.05) is 5.56 Å². The number of amides is 1. The van der Waals surface area contributed by atoms with Crippen molar-refractivity contribution in [3.63, 3.8) is 0 Å². The molecule has 0 bridgehead atoms. The predicted molar refractivity (Wildman–Crippen MR) is 105 cm³/mol. The zero-order valence-electron chi connectivity index (χ0n) is 15.5. The number of hydrogen-bond acceptors (Lipinski definition) is 6. The van der Waals surface area contributed by atoms with Crippen molar-refractivity contribution in [2.75, 3.05) is 6.61 Å². The Morgan fingerprint density at radius 1 is 1.03 bits per heavy atom. The Morgan fingerprint density at radius 2 is 1.73 bits per heavy atom. The average molecular weight is 411 g/mol. The number of rotatable bonds is 8. The van der Waals surface area contributed by atoms with E-state index in [1.165, 1.54) is 0 Å². The normalized spacial score (nSPS) is 11.6. The summed E-state index contributed by atoms with van der Waals surface area (Å²) in [6.07, 6.45) is -0.743. The maximum absolute atomic E-state index is 12.1. The van der Waals surface area contributed by atoms with E-state index in [9.17, 15) is 19.2 Å². The quantitative estimate of drug-likeness (QED) is 0.510. The first-order chi connectivity index (χ1) is 14.3. The van der Waals surface area contributed by atoms with Gasteiger partial charge in [-0.1, -0.05) is 18.2 Å². The molecule has 0 saturated carbocycles. The highest BCUT2D eigenvalue weighted by atomic mass is 16.5. The van der Waals surface area contributed by atoms with Gasteiger partial charge in [-0.15, -0.1) is 0 Å². The van der Waals surface area contributed by atoms with Gasteiger partial charge in [0.1, 0.15) is 17.6 Å². The highest BCUT2D eigenvalue weighted by Gasteiger charge is 2.23. The van der Waals surface area contributed by atoms with Crippen LogP contribution in [-0.4, -0.2) is 40.7 Å². The van der Waals surface area contributed by atoms with E-state index in [4.69, 9.17) is 19.4 Å². The van der Waals surface area contributed by atoms with Gasteiger partial charge < -0.3 is 24.7 Å². The molecule has 3 rings (SSSR count). The molecule has 0 aliphatic heterocycles. The largest absolute Gasteiger partial charge is 0.484 e. The van der Waals surface area contributed by atoms with Gasteiger partial charge in [0.25, 0.3) is 5.91 Å². The van der Waals surface area contributed by atoms with E-state index in [1.54, 1.807) is 48.5 Å². The van der Waals surface area contributed by atoms with Crippen molar-refractivity contribution in [2.45, 2.75) is 12.5 Å². The number of nitrogens with one attached hydrogen (secondary N) is 1. The first-order valence-corrected chi connectivity index (χ1v) is 8.83. The van der Waals surface area contributed by atoms with E-state index in [0.29, 0.717) is 22.5 Å². The summed E-state index contributed by atoms with van der Waals surface area (Å²) in [7, 11) is 0. The van der Waals surface area contributed by atoms with Crippen LogP contribution in [0.2, 0.25) is 0 Å². The molecule has 0 aliphatic carbocycles. The minimum Gasteiger partial charge on any atom is -0.484 e. The highest BCUT2D eigenvalue weighted by Crippen LogP contribution is 2.24. The molecular weight excluding hydrogens is 394 g/mol. The molecule has 0 saturated heterocycles. The molecular formula is C21H17NO8. The summed E-state index contributed by atoms with van der Waals surface area (Å²) >= 11 is 0. The number of ether oxygens (including phenoxy) is 1. The van der Waals surface area contributed by atoms with Gasteiger partial charge in [-0.2, -0.15) is 0 Å². The summed E-state index contributed by atoms with van der Waals surface area (Å²) in [4.78, 5) is 45.5. The molecule has 0 radical (unpaired) electrons. The van der Waals surface area contributed by atoms with Crippen LogP contribution < -0.4 is 15.7 Å². The van der Waals surface area contributed by atoms with E-state index in [0.717, 1.165) is 5.39 Å². The van der Waals surface area contributed by atoms with Gasteiger partial charge in [-0.05, 0) is 41.8 Å². The molecule has 154 valence electrons. The lowest BCUT2D eigenvalue weighted by Crippen LogP contribution is -2.44. The molecule has 1 heterocycles. The maximum Gasteiger partial charge on any atom is 0.344 e. The van der Waals surface area contributed by atoms with Crippen LogP contribution in [0.25, 0.3) is 22.1 Å². The van der Waals surface area contributed by atoms with Crippen LogP contribution in [0.3, 0.4) is 0 Å². The lowest BCUT2D eigenvalue weighted by Gasteiger charge is -2.13. The smallest absolute Gasteiger partial charge is 0.344 e. The molecule has 3 N–H and O–H groups in total. The second-order valence-electron chi connectivity index (χ2n) is 6.35. The third-order valence-electron chi connectivity index (χ3n) is 4.19. The summed E-state index contributed by atoms with van der Waals surface area (Å²) in [5, 5.41) is 20.9. The molecule has 1 amide bonds. The topological polar surface area (TPSA) is 143 Å². The third-order valence-corrected chi connectivity index (χ3v) is 4.19. The van der Waals surface area contributed by atoms with E-state index in [-0.39, 0.29) is 0 Å². The summed E-state index contributed by atoms with van der Waals surface area (Å²) in [6.45, 7) is -0.492. The molecule has 2 aromatic carbocycles. The number of carbonyl (C=O) groups excluding carboxylic acids is 1. The molecule has 1 atom stereocenters. The van der Waals surface area contributed by atoms with Crippen molar-refractivity contribution in [1.82, 2.24) is 5.32 Å². The Balaban J connectivity index is 1.65. The first-order valence-electron chi connectivity index (χ1n) is 8.83. The molecule has 9 nitrogen and oxygen atoms in total. The summed E-state index contributed by atoms with van der Waals surface area (Å²) in [6, 6.07) is 13.7. The summed E-state index contributed by atoms with van der Waals surface area (Å²) < 4.78 is 10.6. The second kappa shape index (κ2) is 8.91. The number of carboxylic acid groups (broad SMARTS) is 2. The van der Waals surface area contributed by atoms with Crippen molar-refractivity contribution < 1.29 is 33.8 Å². The number of carboxylic acids is 2. The Bertz CT molecular complexity index is 1150. The fraction of sp³-hybridized carbons (Fsp3) is 0.143. The SMILES string of the molecule is O=C(O)C[C@@H](NC(=O)COc1ccc(-c2cc3ccccc3c(=O)o2)cc1)C(=O)O. The number of fused-ring (bicyclic) bond motifs is 1. The predicted octanol–water partition coefficient (Wildman–Crippen LogP) is 1.88. The molecule has 30 heavy (non-hydrogen) atoms. The Morgan fingerprint density at radius 3 is 2.40 bits per heavy atom. The van der Waals surface area contributed by atoms with Crippen molar-refractivity contribution in [3.8, 4) is 17.1 Å². The van der Waals surface area contributed by atoms with Crippen LogP contribution in [0, 0.1) is 0 Å². The molecule has 1 aromatic heterocycles. The number of benzene rings is 2. The van der Waals surface area contributed by atoms with Crippen LogP contribution in [0.5, 0.6) is 5.75 Å². The average Bonchev–Trinajstić information content (AvgIpc) is 2.72. The molecule has 0 aliphatic rings. The number of hydrogen-bond donors (Lipinski definition) is 3. The van der Waals surface area contributed by atoms with Crippen molar-refractivity contribution in [2.24, 2.45) is 0 Å². The molecule has 9 heteroatoms. The van der Waals surface area contributed by atoms with Crippen molar-refractivity contribution in [3.05, 3.63) is 65.0 Å². The fourth-order valence-electron chi connectivity index (χ4n) is 2.75. The van der Waals surface area contributed by atoms with Gasteiger partial charge in [0.15, 0.2) is 6.61 Å². The minimum absolute atomic E-state index is 0.321. The lowest BCUT2D eigenvalue weighted by atomic mass is 10.1. The second-order valence-corrected chi connectivity index (χ2v) is 6.35. The van der Waals surface area contributed by atoms with E-state index < -0.39 is 42.5 Å². The van der Waals surface area contributed by atoms with Gasteiger partial charge in [0.05, 0.1) is 11.8 Å². The van der Waals surface area contributed by atoms with Crippen LogP contribution >= 0.6 is 0 Å².